The molecule has 0 nitrogen and oxygen atoms in total. The first-order valence-corrected chi connectivity index (χ1v) is 8.19. The van der Waals surface area contributed by atoms with E-state index in [2.05, 4.69) is 72.2 Å². The maximum Gasteiger partial charge on any atom is 0.0409 e. The largest absolute Gasteiger partial charge is 0.0843 e. The molecule has 0 fully saturated rings. The summed E-state index contributed by atoms with van der Waals surface area (Å²) in [6.45, 7) is 4.55. The zero-order valence-corrected chi connectivity index (χ0v) is 14.2. The second-order valence-corrected chi connectivity index (χ2v) is 7.38. The molecule has 1 aliphatic carbocycles. The molecule has 0 aromatic heterocycles. The normalized spacial score (nSPS) is 15.0. The molecular formula is C19H14BrCl. The van der Waals surface area contributed by atoms with E-state index in [-0.39, 0.29) is 5.41 Å². The third-order valence-corrected chi connectivity index (χ3v) is 5.64. The molecule has 0 radical (unpaired) electrons. The SMILES string of the molecule is CC1(C)c2cc(Cl)ccc2-c2c1cc1ccccc1c2Br. The minimum absolute atomic E-state index is 0.0257. The zero-order valence-electron chi connectivity index (χ0n) is 11.9. The van der Waals surface area contributed by atoms with Gasteiger partial charge in [0.25, 0.3) is 0 Å². The smallest absolute Gasteiger partial charge is 0.0409 e. The molecule has 1 aliphatic rings. The molecule has 0 unspecified atom stereocenters. The van der Waals surface area contributed by atoms with E-state index in [4.69, 9.17) is 11.6 Å². The second kappa shape index (κ2) is 4.34. The Morgan fingerprint density at radius 2 is 1.71 bits per heavy atom. The van der Waals surface area contributed by atoms with Gasteiger partial charge in [-0.3, -0.25) is 0 Å². The van der Waals surface area contributed by atoms with Crippen LogP contribution in [0.3, 0.4) is 0 Å². The standard InChI is InChI=1S/C19H14BrCl/c1-19(2)15-10-12(21)7-8-14(15)17-16(19)9-11-5-3-4-6-13(11)18(17)20/h3-10H,1-2H3. The monoisotopic (exact) mass is 356 g/mol. The van der Waals surface area contributed by atoms with Crippen LogP contribution >= 0.6 is 27.5 Å². The molecule has 104 valence electrons. The highest BCUT2D eigenvalue weighted by Gasteiger charge is 2.37. The lowest BCUT2D eigenvalue weighted by molar-refractivity contribution is 0.661. The summed E-state index contributed by atoms with van der Waals surface area (Å²) in [6.07, 6.45) is 0. The van der Waals surface area contributed by atoms with Crippen LogP contribution in [0.2, 0.25) is 5.02 Å². The summed E-state index contributed by atoms with van der Waals surface area (Å²) in [7, 11) is 0. The summed E-state index contributed by atoms with van der Waals surface area (Å²) in [5.74, 6) is 0. The Hall–Kier alpha value is -1.31. The summed E-state index contributed by atoms with van der Waals surface area (Å²) < 4.78 is 1.18. The third-order valence-electron chi connectivity index (χ3n) is 4.58. The van der Waals surface area contributed by atoms with E-state index < -0.39 is 0 Å². The molecule has 0 bridgehead atoms. The Morgan fingerprint density at radius 1 is 0.952 bits per heavy atom. The van der Waals surface area contributed by atoms with Crippen molar-refractivity contribution in [2.75, 3.05) is 0 Å². The Kier molecular flexibility index (Phi) is 2.76. The number of hydrogen-bond donors (Lipinski definition) is 0. The van der Waals surface area contributed by atoms with Gasteiger partial charge in [0, 0.05) is 20.5 Å². The van der Waals surface area contributed by atoms with E-state index in [1.54, 1.807) is 0 Å². The summed E-state index contributed by atoms with van der Waals surface area (Å²) in [5.41, 5.74) is 5.25. The first-order chi connectivity index (χ1) is 10.00. The summed E-state index contributed by atoms with van der Waals surface area (Å²) >= 11 is 10.1. The minimum Gasteiger partial charge on any atom is -0.0843 e. The van der Waals surface area contributed by atoms with Crippen molar-refractivity contribution in [2.24, 2.45) is 0 Å². The fraction of sp³-hybridized carbons (Fsp3) is 0.158. The Bertz CT molecular complexity index is 893. The lowest BCUT2D eigenvalue weighted by Gasteiger charge is -2.22. The Morgan fingerprint density at radius 3 is 2.52 bits per heavy atom. The number of benzene rings is 3. The number of fused-ring (bicyclic) bond motifs is 4. The topological polar surface area (TPSA) is 0 Å². The summed E-state index contributed by atoms with van der Waals surface area (Å²) in [4.78, 5) is 0. The molecule has 0 amide bonds. The number of halogens is 2. The van der Waals surface area contributed by atoms with E-state index in [1.165, 1.54) is 37.5 Å². The van der Waals surface area contributed by atoms with Gasteiger partial charge in [0.1, 0.15) is 0 Å². The maximum absolute atomic E-state index is 6.23. The van der Waals surface area contributed by atoms with Crippen LogP contribution in [0.5, 0.6) is 0 Å². The molecule has 0 saturated carbocycles. The molecule has 2 heteroatoms. The summed E-state index contributed by atoms with van der Waals surface area (Å²) in [6, 6.07) is 17.1. The quantitative estimate of drug-likeness (QED) is 0.427. The van der Waals surface area contributed by atoms with Crippen molar-refractivity contribution in [1.29, 1.82) is 0 Å². The predicted molar refractivity (Wildman–Crippen MR) is 94.2 cm³/mol. The fourth-order valence-corrected chi connectivity index (χ4v) is 4.42. The van der Waals surface area contributed by atoms with E-state index in [0.29, 0.717) is 0 Å². The molecule has 0 aliphatic heterocycles. The lowest BCUT2D eigenvalue weighted by atomic mass is 9.82. The van der Waals surface area contributed by atoms with Gasteiger partial charge in [0.05, 0.1) is 0 Å². The predicted octanol–water partition coefficient (Wildman–Crippen LogP) is 6.56. The number of rotatable bonds is 0. The average Bonchev–Trinajstić information content (AvgIpc) is 2.68. The van der Waals surface area contributed by atoms with Crippen LogP contribution in [-0.2, 0) is 5.41 Å². The minimum atomic E-state index is -0.0257. The number of hydrogen-bond acceptors (Lipinski definition) is 0. The molecule has 0 spiro atoms. The van der Waals surface area contributed by atoms with Gasteiger partial charge in [0.15, 0.2) is 0 Å². The molecule has 3 aromatic rings. The fourth-order valence-electron chi connectivity index (χ4n) is 3.46. The van der Waals surface area contributed by atoms with Crippen LogP contribution in [-0.4, -0.2) is 0 Å². The van der Waals surface area contributed by atoms with Crippen molar-refractivity contribution in [3.8, 4) is 11.1 Å². The third kappa shape index (κ3) is 1.74. The molecule has 0 heterocycles. The van der Waals surface area contributed by atoms with Gasteiger partial charge >= 0.3 is 0 Å². The van der Waals surface area contributed by atoms with Crippen molar-refractivity contribution < 1.29 is 0 Å². The van der Waals surface area contributed by atoms with Gasteiger partial charge in [-0.1, -0.05) is 55.8 Å². The van der Waals surface area contributed by atoms with Gasteiger partial charge in [-0.15, -0.1) is 0 Å². The molecular weight excluding hydrogens is 344 g/mol. The molecule has 3 aromatic carbocycles. The van der Waals surface area contributed by atoms with Gasteiger partial charge in [-0.05, 0) is 61.6 Å². The highest BCUT2D eigenvalue weighted by atomic mass is 79.9. The van der Waals surface area contributed by atoms with Gasteiger partial charge in [-0.2, -0.15) is 0 Å². The Balaban J connectivity index is 2.18. The van der Waals surface area contributed by atoms with Crippen LogP contribution in [0.15, 0.2) is 53.0 Å². The van der Waals surface area contributed by atoms with Crippen molar-refractivity contribution in [3.63, 3.8) is 0 Å². The van der Waals surface area contributed by atoms with E-state index >= 15 is 0 Å². The zero-order chi connectivity index (χ0) is 14.8. The molecule has 0 atom stereocenters. The first-order valence-electron chi connectivity index (χ1n) is 7.02. The van der Waals surface area contributed by atoms with Crippen molar-refractivity contribution in [1.82, 2.24) is 0 Å². The van der Waals surface area contributed by atoms with Crippen LogP contribution < -0.4 is 0 Å². The van der Waals surface area contributed by atoms with Crippen LogP contribution in [0.25, 0.3) is 21.9 Å². The van der Waals surface area contributed by atoms with Crippen LogP contribution in [0.4, 0.5) is 0 Å². The average molecular weight is 358 g/mol. The van der Waals surface area contributed by atoms with Gasteiger partial charge in [-0.25, -0.2) is 0 Å². The van der Waals surface area contributed by atoms with E-state index in [9.17, 15) is 0 Å². The maximum atomic E-state index is 6.23. The molecule has 0 N–H and O–H groups in total. The van der Waals surface area contributed by atoms with E-state index in [0.717, 1.165) is 5.02 Å². The second-order valence-electron chi connectivity index (χ2n) is 6.15. The lowest BCUT2D eigenvalue weighted by Crippen LogP contribution is -2.15. The van der Waals surface area contributed by atoms with Crippen LogP contribution in [0, 0.1) is 0 Å². The molecule has 21 heavy (non-hydrogen) atoms. The highest BCUT2D eigenvalue weighted by Crippen LogP contribution is 2.53. The summed E-state index contributed by atoms with van der Waals surface area (Å²) in [5, 5.41) is 3.33. The van der Waals surface area contributed by atoms with Crippen molar-refractivity contribution in [2.45, 2.75) is 19.3 Å². The van der Waals surface area contributed by atoms with Gasteiger partial charge < -0.3 is 0 Å². The molecule has 0 saturated heterocycles. The van der Waals surface area contributed by atoms with E-state index in [1.807, 2.05) is 6.07 Å². The van der Waals surface area contributed by atoms with Crippen molar-refractivity contribution in [3.05, 3.63) is 69.2 Å². The highest BCUT2D eigenvalue weighted by molar-refractivity contribution is 9.10. The Labute approximate surface area is 137 Å². The molecule has 4 rings (SSSR count). The first kappa shape index (κ1) is 13.4. The van der Waals surface area contributed by atoms with Gasteiger partial charge in [0.2, 0.25) is 0 Å². The van der Waals surface area contributed by atoms with Crippen LogP contribution in [0.1, 0.15) is 25.0 Å². The van der Waals surface area contributed by atoms with Crippen molar-refractivity contribution >= 4 is 38.3 Å².